The van der Waals surface area contributed by atoms with E-state index in [1.54, 1.807) is 26.0 Å². The first-order chi connectivity index (χ1) is 16.0. The third-order valence-corrected chi connectivity index (χ3v) is 6.51. The minimum atomic E-state index is -0.159. The second-order valence-electron chi connectivity index (χ2n) is 7.80. The van der Waals surface area contributed by atoms with Crippen LogP contribution in [-0.4, -0.2) is 36.8 Å². The molecule has 0 saturated carbocycles. The van der Waals surface area contributed by atoms with Gasteiger partial charge >= 0.3 is 0 Å². The zero-order chi connectivity index (χ0) is 23.1. The Labute approximate surface area is 201 Å². The van der Waals surface area contributed by atoms with Gasteiger partial charge in [0, 0.05) is 28.8 Å². The highest BCUT2D eigenvalue weighted by molar-refractivity contribution is 7.80. The summed E-state index contributed by atoms with van der Waals surface area (Å²) in [6.07, 6.45) is 5.15. The van der Waals surface area contributed by atoms with Gasteiger partial charge in [0.15, 0.2) is 5.11 Å². The number of aryl methyl sites for hydroxylation is 1. The minimum Gasteiger partial charge on any atom is -0.495 e. The molecule has 1 aliphatic rings. The Morgan fingerprint density at radius 2 is 1.88 bits per heavy atom. The van der Waals surface area contributed by atoms with Crippen molar-refractivity contribution in [2.45, 2.75) is 25.9 Å². The normalized spacial score (nSPS) is 17.9. The van der Waals surface area contributed by atoms with E-state index in [1.807, 2.05) is 41.1 Å². The Kier molecular flexibility index (Phi) is 5.51. The number of nitrogens with zero attached hydrogens (tertiary/aromatic N) is 6. The average Bonchev–Trinajstić information content (AvgIpc) is 3.52. The Morgan fingerprint density at radius 3 is 2.55 bits per heavy atom. The molecule has 1 N–H and O–H groups in total. The molecule has 0 spiro atoms. The van der Waals surface area contributed by atoms with Crippen LogP contribution < -0.4 is 15.0 Å². The van der Waals surface area contributed by atoms with Crippen molar-refractivity contribution in [1.29, 1.82) is 0 Å². The van der Waals surface area contributed by atoms with Crippen molar-refractivity contribution in [3.63, 3.8) is 0 Å². The van der Waals surface area contributed by atoms with Crippen LogP contribution in [0, 0.1) is 13.8 Å². The Hall–Kier alpha value is -3.43. The highest BCUT2D eigenvalue weighted by atomic mass is 35.5. The van der Waals surface area contributed by atoms with Crippen LogP contribution in [0.3, 0.4) is 0 Å². The smallest absolute Gasteiger partial charge is 0.174 e. The fourth-order valence-corrected chi connectivity index (χ4v) is 5.08. The summed E-state index contributed by atoms with van der Waals surface area (Å²) in [5, 5.41) is 12.5. The predicted molar refractivity (Wildman–Crippen MR) is 131 cm³/mol. The number of pyridine rings is 1. The third-order valence-electron chi connectivity index (χ3n) is 5.90. The van der Waals surface area contributed by atoms with Gasteiger partial charge in [-0.05, 0) is 62.5 Å². The number of rotatable bonds is 5. The van der Waals surface area contributed by atoms with Crippen LogP contribution >= 0.6 is 23.8 Å². The lowest BCUT2D eigenvalue weighted by atomic mass is 9.96. The van der Waals surface area contributed by atoms with E-state index < -0.39 is 0 Å². The number of hydrogen-bond acceptors (Lipinski definition) is 5. The van der Waals surface area contributed by atoms with E-state index in [-0.39, 0.29) is 12.1 Å². The van der Waals surface area contributed by atoms with Crippen LogP contribution in [0.1, 0.15) is 34.7 Å². The molecule has 33 heavy (non-hydrogen) atoms. The van der Waals surface area contributed by atoms with Crippen molar-refractivity contribution < 1.29 is 4.74 Å². The number of benzene rings is 1. The van der Waals surface area contributed by atoms with Gasteiger partial charge in [0.05, 0.1) is 29.9 Å². The molecule has 1 aromatic carbocycles. The van der Waals surface area contributed by atoms with Crippen molar-refractivity contribution in [2.24, 2.45) is 0 Å². The summed E-state index contributed by atoms with van der Waals surface area (Å²) in [4.78, 5) is 6.72. The average molecular weight is 480 g/mol. The van der Waals surface area contributed by atoms with Crippen LogP contribution in [0.2, 0.25) is 5.02 Å². The quantitative estimate of drug-likeness (QED) is 0.429. The number of nitrogens with one attached hydrogen (secondary N) is 1. The maximum Gasteiger partial charge on any atom is 0.174 e. The highest BCUT2D eigenvalue weighted by Crippen LogP contribution is 2.44. The largest absolute Gasteiger partial charge is 0.495 e. The molecule has 0 bridgehead atoms. The van der Waals surface area contributed by atoms with Crippen molar-refractivity contribution in [3.05, 3.63) is 89.0 Å². The summed E-state index contributed by atoms with van der Waals surface area (Å²) >= 11 is 12.3. The summed E-state index contributed by atoms with van der Waals surface area (Å²) in [6, 6.07) is 13.4. The maximum absolute atomic E-state index is 6.48. The van der Waals surface area contributed by atoms with E-state index in [0.29, 0.717) is 15.9 Å². The lowest BCUT2D eigenvalue weighted by Crippen LogP contribution is -2.29. The molecule has 4 aromatic rings. The van der Waals surface area contributed by atoms with Gasteiger partial charge in [0.2, 0.25) is 0 Å². The molecular formula is C23H22ClN7OS. The fraction of sp³-hybridized carbons (Fsp3) is 0.217. The van der Waals surface area contributed by atoms with E-state index >= 15 is 0 Å². The standard InChI is InChI=1S/C23H22ClN7OS/c1-14-10-17(15(2)31(14)29-12-26-27-13-29)22-21(19-6-4-5-9-25-19)28-23(33)30(22)16-7-8-20(32-3)18(24)11-16/h4-13,21-22H,1-3H3,(H,28,33)/t21-,22-/m0/s1. The van der Waals surface area contributed by atoms with Crippen LogP contribution in [-0.2, 0) is 0 Å². The minimum absolute atomic E-state index is 0.158. The van der Waals surface area contributed by atoms with Crippen molar-refractivity contribution in [3.8, 4) is 5.75 Å². The van der Waals surface area contributed by atoms with Gasteiger partial charge in [-0.2, -0.15) is 0 Å². The van der Waals surface area contributed by atoms with Gasteiger partial charge in [0.25, 0.3) is 0 Å². The van der Waals surface area contributed by atoms with Crippen molar-refractivity contribution >= 4 is 34.6 Å². The van der Waals surface area contributed by atoms with Gasteiger partial charge in [-0.3, -0.25) is 9.66 Å². The molecule has 4 heterocycles. The van der Waals surface area contributed by atoms with E-state index in [9.17, 15) is 0 Å². The number of anilines is 1. The SMILES string of the molecule is COc1ccc(N2C(=S)N[C@@H](c3ccccn3)[C@@H]2c2cc(C)n(-n3cnnc3)c2C)cc1Cl. The van der Waals surface area contributed by atoms with Gasteiger partial charge < -0.3 is 15.0 Å². The number of hydrogen-bond donors (Lipinski definition) is 1. The molecule has 168 valence electrons. The predicted octanol–water partition coefficient (Wildman–Crippen LogP) is 4.24. The molecule has 0 aliphatic carbocycles. The molecular weight excluding hydrogens is 458 g/mol. The van der Waals surface area contributed by atoms with Gasteiger partial charge in [-0.25, -0.2) is 4.68 Å². The summed E-state index contributed by atoms with van der Waals surface area (Å²) in [6.45, 7) is 4.14. The molecule has 1 fully saturated rings. The van der Waals surface area contributed by atoms with E-state index in [2.05, 4.69) is 50.0 Å². The van der Waals surface area contributed by atoms with Crippen LogP contribution in [0.15, 0.2) is 61.3 Å². The highest BCUT2D eigenvalue weighted by Gasteiger charge is 2.42. The monoisotopic (exact) mass is 479 g/mol. The first kappa shape index (κ1) is 21.4. The van der Waals surface area contributed by atoms with Gasteiger partial charge in [-0.1, -0.05) is 17.7 Å². The van der Waals surface area contributed by atoms with Crippen LogP contribution in [0.4, 0.5) is 5.69 Å². The zero-order valence-electron chi connectivity index (χ0n) is 18.3. The Morgan fingerprint density at radius 1 is 1.09 bits per heavy atom. The van der Waals surface area contributed by atoms with Gasteiger partial charge in [0.1, 0.15) is 18.4 Å². The number of aromatic nitrogens is 5. The van der Waals surface area contributed by atoms with Crippen LogP contribution in [0.5, 0.6) is 5.75 Å². The Bertz CT molecular complexity index is 1310. The number of halogens is 1. The Balaban J connectivity index is 1.68. The number of thiocarbonyl (C=S) groups is 1. The molecule has 1 saturated heterocycles. The summed E-state index contributed by atoms with van der Waals surface area (Å²) in [7, 11) is 1.60. The second kappa shape index (κ2) is 8.49. The third kappa shape index (κ3) is 3.63. The first-order valence-corrected chi connectivity index (χ1v) is 11.2. The summed E-state index contributed by atoms with van der Waals surface area (Å²) in [5.41, 5.74) is 4.98. The lowest BCUT2D eigenvalue weighted by molar-refractivity contribution is 0.415. The van der Waals surface area contributed by atoms with E-state index in [4.69, 9.17) is 28.6 Å². The molecule has 1 aliphatic heterocycles. The van der Waals surface area contributed by atoms with E-state index in [1.165, 1.54) is 0 Å². The zero-order valence-corrected chi connectivity index (χ0v) is 19.9. The first-order valence-electron chi connectivity index (χ1n) is 10.4. The topological polar surface area (TPSA) is 73.0 Å². The van der Waals surface area contributed by atoms with Crippen LogP contribution in [0.25, 0.3) is 0 Å². The van der Waals surface area contributed by atoms with E-state index in [0.717, 1.165) is 28.3 Å². The second-order valence-corrected chi connectivity index (χ2v) is 8.59. The van der Waals surface area contributed by atoms with Gasteiger partial charge in [-0.15, -0.1) is 10.2 Å². The molecule has 3 aromatic heterocycles. The maximum atomic E-state index is 6.48. The molecule has 2 atom stereocenters. The molecule has 0 radical (unpaired) electrons. The summed E-state index contributed by atoms with van der Waals surface area (Å²) < 4.78 is 9.28. The number of methoxy groups -OCH3 is 1. The van der Waals surface area contributed by atoms with Crippen molar-refractivity contribution in [2.75, 3.05) is 12.0 Å². The molecule has 10 heteroatoms. The molecule has 8 nitrogen and oxygen atoms in total. The summed E-state index contributed by atoms with van der Waals surface area (Å²) in [5.74, 6) is 0.613. The van der Waals surface area contributed by atoms with Crippen molar-refractivity contribution in [1.82, 2.24) is 29.9 Å². The molecule has 0 unspecified atom stereocenters. The molecule has 0 amide bonds. The lowest BCUT2D eigenvalue weighted by Gasteiger charge is -2.28. The number of ether oxygens (including phenoxy) is 1. The molecule has 5 rings (SSSR count). The fourth-order valence-electron chi connectivity index (χ4n) is 4.48.